The minimum atomic E-state index is -0.712. The number of anilines is 1. The molecular formula is C19H20BrClN2O4. The Labute approximate surface area is 171 Å². The minimum absolute atomic E-state index is 0.0421. The lowest BCUT2D eigenvalue weighted by Gasteiger charge is -2.16. The van der Waals surface area contributed by atoms with Gasteiger partial charge in [0.05, 0.1) is 4.47 Å². The largest absolute Gasteiger partial charge is 0.484 e. The van der Waals surface area contributed by atoms with Gasteiger partial charge in [-0.2, -0.15) is 0 Å². The zero-order valence-electron chi connectivity index (χ0n) is 15.2. The van der Waals surface area contributed by atoms with Crippen LogP contribution in [-0.2, 0) is 9.59 Å². The normalized spacial score (nSPS) is 11.4. The van der Waals surface area contributed by atoms with Crippen LogP contribution < -0.4 is 14.8 Å². The number of nitrogens with zero attached hydrogens (tertiary/aromatic N) is 1. The third-order valence-electron chi connectivity index (χ3n) is 3.55. The quantitative estimate of drug-likeness (QED) is 0.686. The average Bonchev–Trinajstić information content (AvgIpc) is 2.62. The Morgan fingerprint density at radius 3 is 2.44 bits per heavy atom. The molecule has 0 heterocycles. The van der Waals surface area contributed by atoms with E-state index in [0.29, 0.717) is 26.7 Å². The molecule has 1 unspecified atom stereocenters. The molecule has 0 aromatic heterocycles. The van der Waals surface area contributed by atoms with Crippen molar-refractivity contribution in [3.05, 3.63) is 52.0 Å². The molecule has 1 N–H and O–H groups in total. The summed E-state index contributed by atoms with van der Waals surface area (Å²) >= 11 is 9.25. The lowest BCUT2D eigenvalue weighted by molar-refractivity contribution is -0.130. The molecule has 0 aliphatic rings. The van der Waals surface area contributed by atoms with Crippen molar-refractivity contribution in [2.75, 3.05) is 26.0 Å². The zero-order valence-corrected chi connectivity index (χ0v) is 17.5. The summed E-state index contributed by atoms with van der Waals surface area (Å²) in [5.41, 5.74) is 0.594. The molecular weight excluding hydrogens is 436 g/mol. The van der Waals surface area contributed by atoms with Gasteiger partial charge in [-0.15, -0.1) is 0 Å². The fraction of sp³-hybridized carbons (Fsp3) is 0.263. The first-order chi connectivity index (χ1) is 12.8. The third kappa shape index (κ3) is 6.45. The van der Waals surface area contributed by atoms with Gasteiger partial charge < -0.3 is 19.7 Å². The molecule has 6 nitrogen and oxygen atoms in total. The Bertz CT molecular complexity index is 812. The average molecular weight is 456 g/mol. The number of likely N-dealkylation sites (N-methyl/N-ethyl adjacent to an activating group) is 1. The maximum absolute atomic E-state index is 12.3. The number of hydrogen-bond acceptors (Lipinski definition) is 4. The number of benzene rings is 2. The van der Waals surface area contributed by atoms with E-state index in [-0.39, 0.29) is 18.4 Å². The first kappa shape index (κ1) is 21.1. The number of ether oxygens (including phenoxy) is 2. The molecule has 8 heteroatoms. The zero-order chi connectivity index (χ0) is 20.0. The summed E-state index contributed by atoms with van der Waals surface area (Å²) in [6.45, 7) is 1.61. The Morgan fingerprint density at radius 1 is 1.19 bits per heavy atom. The van der Waals surface area contributed by atoms with Gasteiger partial charge in [-0.05, 0) is 65.3 Å². The highest BCUT2D eigenvalue weighted by Gasteiger charge is 2.16. The van der Waals surface area contributed by atoms with Gasteiger partial charge in [-0.3, -0.25) is 9.59 Å². The highest BCUT2D eigenvalue weighted by Crippen LogP contribution is 2.29. The second-order valence-corrected chi connectivity index (χ2v) is 7.22. The van der Waals surface area contributed by atoms with E-state index in [0.717, 1.165) is 0 Å². The Morgan fingerprint density at radius 2 is 1.85 bits per heavy atom. The van der Waals surface area contributed by atoms with Crippen molar-refractivity contribution in [1.29, 1.82) is 0 Å². The van der Waals surface area contributed by atoms with Crippen molar-refractivity contribution < 1.29 is 19.1 Å². The van der Waals surface area contributed by atoms with Crippen molar-refractivity contribution in [2.45, 2.75) is 13.0 Å². The molecule has 0 fully saturated rings. The van der Waals surface area contributed by atoms with Gasteiger partial charge in [0.25, 0.3) is 11.8 Å². The summed E-state index contributed by atoms with van der Waals surface area (Å²) in [5, 5.41) is 3.34. The topological polar surface area (TPSA) is 67.9 Å². The van der Waals surface area contributed by atoms with E-state index in [1.165, 1.54) is 4.90 Å². The Balaban J connectivity index is 1.90. The number of hydrogen-bond donors (Lipinski definition) is 1. The van der Waals surface area contributed by atoms with Crippen LogP contribution >= 0.6 is 27.5 Å². The molecule has 0 aliphatic heterocycles. The summed E-state index contributed by atoms with van der Waals surface area (Å²) in [6.07, 6.45) is -0.712. The van der Waals surface area contributed by atoms with Crippen LogP contribution in [0.5, 0.6) is 11.5 Å². The third-order valence-corrected chi connectivity index (χ3v) is 4.40. The SMILES string of the molecule is CC(Oc1ccc(Cl)cc1Br)C(=O)Nc1ccc(OCC(=O)N(C)C)cc1. The summed E-state index contributed by atoms with van der Waals surface area (Å²) in [4.78, 5) is 25.3. The van der Waals surface area contributed by atoms with Gasteiger partial charge in [0.15, 0.2) is 12.7 Å². The Kier molecular flexibility index (Phi) is 7.50. The van der Waals surface area contributed by atoms with Gasteiger partial charge in [-0.1, -0.05) is 11.6 Å². The lowest BCUT2D eigenvalue weighted by atomic mass is 10.2. The number of rotatable bonds is 7. The highest BCUT2D eigenvalue weighted by molar-refractivity contribution is 9.10. The molecule has 0 aliphatic carbocycles. The first-order valence-corrected chi connectivity index (χ1v) is 9.29. The lowest BCUT2D eigenvalue weighted by Crippen LogP contribution is -2.30. The van der Waals surface area contributed by atoms with Crippen molar-refractivity contribution in [3.63, 3.8) is 0 Å². The van der Waals surface area contributed by atoms with Crippen LogP contribution in [-0.4, -0.2) is 43.5 Å². The highest BCUT2D eigenvalue weighted by atomic mass is 79.9. The van der Waals surface area contributed by atoms with E-state index in [4.69, 9.17) is 21.1 Å². The van der Waals surface area contributed by atoms with E-state index >= 15 is 0 Å². The summed E-state index contributed by atoms with van der Waals surface area (Å²) in [7, 11) is 3.33. The van der Waals surface area contributed by atoms with Crippen LogP contribution in [0.4, 0.5) is 5.69 Å². The molecule has 1 atom stereocenters. The summed E-state index contributed by atoms with van der Waals surface area (Å²) < 4.78 is 11.7. The van der Waals surface area contributed by atoms with E-state index in [1.54, 1.807) is 63.5 Å². The smallest absolute Gasteiger partial charge is 0.265 e. The molecule has 27 heavy (non-hydrogen) atoms. The van der Waals surface area contributed by atoms with Crippen LogP contribution in [0.3, 0.4) is 0 Å². The maximum atomic E-state index is 12.3. The van der Waals surface area contributed by atoms with Crippen LogP contribution in [0.15, 0.2) is 46.9 Å². The molecule has 0 spiro atoms. The van der Waals surface area contributed by atoms with Crippen LogP contribution in [0, 0.1) is 0 Å². The predicted molar refractivity (Wildman–Crippen MR) is 109 cm³/mol. The molecule has 144 valence electrons. The molecule has 2 rings (SSSR count). The van der Waals surface area contributed by atoms with Crippen LogP contribution in [0.1, 0.15) is 6.92 Å². The number of amides is 2. The minimum Gasteiger partial charge on any atom is -0.484 e. The van der Waals surface area contributed by atoms with Gasteiger partial charge in [0.2, 0.25) is 0 Å². The molecule has 2 aromatic carbocycles. The first-order valence-electron chi connectivity index (χ1n) is 8.12. The molecule has 0 saturated heterocycles. The fourth-order valence-corrected chi connectivity index (χ4v) is 2.74. The van der Waals surface area contributed by atoms with E-state index in [1.807, 2.05) is 0 Å². The summed E-state index contributed by atoms with van der Waals surface area (Å²) in [5.74, 6) is 0.633. The molecule has 0 radical (unpaired) electrons. The van der Waals surface area contributed by atoms with Crippen molar-refractivity contribution >= 4 is 45.0 Å². The Hall–Kier alpha value is -2.25. The van der Waals surface area contributed by atoms with E-state index in [2.05, 4.69) is 21.2 Å². The standard InChI is InChI=1S/C19H20BrClN2O4/c1-12(27-17-9-4-13(21)10-16(17)20)19(25)22-14-5-7-15(8-6-14)26-11-18(24)23(2)3/h4-10,12H,11H2,1-3H3,(H,22,25). The van der Waals surface area contributed by atoms with Crippen LogP contribution in [0.25, 0.3) is 0 Å². The van der Waals surface area contributed by atoms with E-state index in [9.17, 15) is 9.59 Å². The number of carbonyl (C=O) groups is 2. The molecule has 0 bridgehead atoms. The van der Waals surface area contributed by atoms with E-state index < -0.39 is 6.10 Å². The van der Waals surface area contributed by atoms with Crippen molar-refractivity contribution in [2.24, 2.45) is 0 Å². The number of carbonyl (C=O) groups excluding carboxylic acids is 2. The fourth-order valence-electron chi connectivity index (χ4n) is 1.97. The van der Waals surface area contributed by atoms with Crippen LogP contribution in [0.2, 0.25) is 5.02 Å². The predicted octanol–water partition coefficient (Wildman–Crippen LogP) is 3.98. The maximum Gasteiger partial charge on any atom is 0.265 e. The second kappa shape index (κ2) is 9.62. The van der Waals surface area contributed by atoms with Crippen molar-refractivity contribution in [3.8, 4) is 11.5 Å². The number of nitrogens with one attached hydrogen (secondary N) is 1. The monoisotopic (exact) mass is 454 g/mol. The molecule has 2 aromatic rings. The summed E-state index contributed by atoms with van der Waals surface area (Å²) in [6, 6.07) is 11.8. The number of halogens is 2. The second-order valence-electron chi connectivity index (χ2n) is 5.93. The molecule has 2 amide bonds. The molecule has 0 saturated carbocycles. The van der Waals surface area contributed by atoms with Gasteiger partial charge in [0, 0.05) is 24.8 Å². The van der Waals surface area contributed by atoms with Gasteiger partial charge in [0.1, 0.15) is 11.5 Å². The van der Waals surface area contributed by atoms with Gasteiger partial charge >= 0.3 is 0 Å². The van der Waals surface area contributed by atoms with Gasteiger partial charge in [-0.25, -0.2) is 0 Å². The van der Waals surface area contributed by atoms with Crippen molar-refractivity contribution in [1.82, 2.24) is 4.90 Å².